The highest BCUT2D eigenvalue weighted by Crippen LogP contribution is 2.34. The van der Waals surface area contributed by atoms with E-state index in [2.05, 4.69) is 62.9 Å². The number of halogens is 1. The van der Waals surface area contributed by atoms with Crippen LogP contribution >= 0.6 is 22.6 Å². The number of rotatable bonds is 2. The van der Waals surface area contributed by atoms with Crippen molar-refractivity contribution >= 4 is 22.6 Å². The zero-order chi connectivity index (χ0) is 13.1. The van der Waals surface area contributed by atoms with Crippen LogP contribution in [0.4, 0.5) is 0 Å². The Morgan fingerprint density at radius 2 is 1.42 bits per heavy atom. The molecule has 0 atom stereocenters. The first-order chi connectivity index (χ1) is 9.36. The molecule has 0 fully saturated rings. The van der Waals surface area contributed by atoms with E-state index in [1.54, 1.807) is 12.4 Å². The minimum atomic E-state index is 1.12. The van der Waals surface area contributed by atoms with Gasteiger partial charge in [0.25, 0.3) is 0 Å². The van der Waals surface area contributed by atoms with Crippen LogP contribution in [0.5, 0.6) is 0 Å². The third-order valence-corrected chi connectivity index (χ3v) is 3.84. The van der Waals surface area contributed by atoms with Crippen LogP contribution in [0.2, 0.25) is 0 Å². The second-order valence-corrected chi connectivity index (χ2v) is 5.31. The number of aromatic nitrogens is 2. The maximum absolute atomic E-state index is 4.22. The van der Waals surface area contributed by atoms with Crippen LogP contribution < -0.4 is 0 Å². The van der Waals surface area contributed by atoms with Gasteiger partial charge in [0.2, 0.25) is 0 Å². The molecular weight excluding hydrogens is 347 g/mol. The number of benzene rings is 1. The predicted molar refractivity (Wildman–Crippen MR) is 85.6 cm³/mol. The maximum Gasteiger partial charge on any atom is 0.0346 e. The van der Waals surface area contributed by atoms with Crippen LogP contribution in [-0.4, -0.2) is 9.97 Å². The second-order valence-electron chi connectivity index (χ2n) is 4.15. The Morgan fingerprint density at radius 3 is 2.05 bits per heavy atom. The molecule has 0 N–H and O–H groups in total. The molecule has 2 nitrogen and oxygen atoms in total. The molecule has 2 aromatic heterocycles. The number of hydrogen-bond acceptors (Lipinski definition) is 2. The van der Waals surface area contributed by atoms with Crippen LogP contribution in [0.1, 0.15) is 0 Å². The summed E-state index contributed by atoms with van der Waals surface area (Å²) in [6.07, 6.45) is 7.38. The van der Waals surface area contributed by atoms with Gasteiger partial charge in [0.05, 0.1) is 0 Å². The molecule has 0 radical (unpaired) electrons. The van der Waals surface area contributed by atoms with Crippen molar-refractivity contribution in [3.8, 4) is 22.3 Å². The smallest absolute Gasteiger partial charge is 0.0346 e. The fraction of sp³-hybridized carbons (Fsp3) is 0. The molecule has 19 heavy (non-hydrogen) atoms. The Hall–Kier alpha value is -1.75. The topological polar surface area (TPSA) is 25.8 Å². The minimum absolute atomic E-state index is 1.12. The van der Waals surface area contributed by atoms with Crippen molar-refractivity contribution in [3.05, 3.63) is 70.8 Å². The van der Waals surface area contributed by atoms with Gasteiger partial charge in [-0.2, -0.15) is 0 Å². The van der Waals surface area contributed by atoms with Crippen LogP contribution in [0, 0.1) is 3.57 Å². The van der Waals surface area contributed by atoms with E-state index in [1.165, 1.54) is 14.7 Å². The van der Waals surface area contributed by atoms with Gasteiger partial charge in [-0.3, -0.25) is 9.97 Å². The summed E-state index contributed by atoms with van der Waals surface area (Å²) in [5.74, 6) is 0. The summed E-state index contributed by atoms with van der Waals surface area (Å²) >= 11 is 2.37. The normalized spacial score (nSPS) is 10.4. The Bertz CT molecular complexity index is 682. The first-order valence-corrected chi connectivity index (χ1v) is 7.03. The summed E-state index contributed by atoms with van der Waals surface area (Å²) in [6.45, 7) is 0. The van der Waals surface area contributed by atoms with Crippen molar-refractivity contribution in [2.45, 2.75) is 0 Å². The van der Waals surface area contributed by atoms with E-state index in [0.29, 0.717) is 0 Å². The average Bonchev–Trinajstić information content (AvgIpc) is 2.49. The van der Waals surface area contributed by atoms with Gasteiger partial charge in [-0.25, -0.2) is 0 Å². The maximum atomic E-state index is 4.22. The molecule has 3 aromatic rings. The molecule has 0 spiro atoms. The fourth-order valence-corrected chi connectivity index (χ4v) is 2.90. The van der Waals surface area contributed by atoms with Gasteiger partial charge in [-0.15, -0.1) is 0 Å². The van der Waals surface area contributed by atoms with Gasteiger partial charge >= 0.3 is 0 Å². The molecule has 0 bridgehead atoms. The average molecular weight is 358 g/mol. The monoisotopic (exact) mass is 358 g/mol. The van der Waals surface area contributed by atoms with Gasteiger partial charge in [0, 0.05) is 45.0 Å². The molecule has 3 heteroatoms. The van der Waals surface area contributed by atoms with Crippen molar-refractivity contribution in [1.82, 2.24) is 9.97 Å². The van der Waals surface area contributed by atoms with Crippen molar-refractivity contribution < 1.29 is 0 Å². The van der Waals surface area contributed by atoms with Crippen LogP contribution in [0.3, 0.4) is 0 Å². The highest BCUT2D eigenvalue weighted by Gasteiger charge is 2.10. The molecule has 2 heterocycles. The molecule has 0 saturated heterocycles. The standard InChI is InChI=1S/C16H11IN2/c17-15-7-1-6-14(12-4-2-8-18-10-12)16(15)13-5-3-9-19-11-13/h1-11H. The van der Waals surface area contributed by atoms with Crippen LogP contribution in [0.15, 0.2) is 67.3 Å². The van der Waals surface area contributed by atoms with E-state index >= 15 is 0 Å². The molecular formula is C16H11IN2. The Morgan fingerprint density at radius 1 is 0.737 bits per heavy atom. The Labute approximate surface area is 125 Å². The molecule has 0 saturated carbocycles. The van der Waals surface area contributed by atoms with E-state index in [4.69, 9.17) is 0 Å². The molecule has 0 aliphatic rings. The molecule has 0 amide bonds. The highest BCUT2D eigenvalue weighted by atomic mass is 127. The lowest BCUT2D eigenvalue weighted by Crippen LogP contribution is -1.89. The summed E-state index contributed by atoms with van der Waals surface area (Å²) in [4.78, 5) is 8.43. The van der Waals surface area contributed by atoms with Crippen molar-refractivity contribution in [1.29, 1.82) is 0 Å². The zero-order valence-electron chi connectivity index (χ0n) is 10.1. The minimum Gasteiger partial charge on any atom is -0.264 e. The highest BCUT2D eigenvalue weighted by molar-refractivity contribution is 14.1. The number of nitrogens with zero attached hydrogens (tertiary/aromatic N) is 2. The fourth-order valence-electron chi connectivity index (χ4n) is 2.09. The van der Waals surface area contributed by atoms with Gasteiger partial charge in [0.15, 0.2) is 0 Å². The third kappa shape index (κ3) is 2.51. The van der Waals surface area contributed by atoms with E-state index in [9.17, 15) is 0 Å². The second kappa shape index (κ2) is 5.48. The van der Waals surface area contributed by atoms with Gasteiger partial charge in [0.1, 0.15) is 0 Å². The SMILES string of the molecule is Ic1cccc(-c2cccnc2)c1-c1cccnc1. The lowest BCUT2D eigenvalue weighted by atomic mass is 9.97. The number of hydrogen-bond donors (Lipinski definition) is 0. The summed E-state index contributed by atoms with van der Waals surface area (Å²) in [7, 11) is 0. The van der Waals surface area contributed by atoms with Gasteiger partial charge in [-0.1, -0.05) is 24.3 Å². The summed E-state index contributed by atoms with van der Waals surface area (Å²) < 4.78 is 1.21. The summed E-state index contributed by atoms with van der Waals surface area (Å²) in [5, 5.41) is 0. The molecule has 92 valence electrons. The van der Waals surface area contributed by atoms with Gasteiger partial charge < -0.3 is 0 Å². The first kappa shape index (κ1) is 12.3. The predicted octanol–water partition coefficient (Wildman–Crippen LogP) is 4.42. The van der Waals surface area contributed by atoms with Gasteiger partial charge in [-0.05, 0) is 46.4 Å². The van der Waals surface area contributed by atoms with Crippen molar-refractivity contribution in [2.75, 3.05) is 0 Å². The van der Waals surface area contributed by atoms with E-state index in [-0.39, 0.29) is 0 Å². The third-order valence-electron chi connectivity index (χ3n) is 2.94. The van der Waals surface area contributed by atoms with Crippen molar-refractivity contribution in [3.63, 3.8) is 0 Å². The summed E-state index contributed by atoms with van der Waals surface area (Å²) in [6, 6.07) is 14.4. The molecule has 0 unspecified atom stereocenters. The largest absolute Gasteiger partial charge is 0.264 e. The zero-order valence-corrected chi connectivity index (χ0v) is 12.3. The quantitative estimate of drug-likeness (QED) is 0.634. The Balaban J connectivity index is 2.25. The van der Waals surface area contributed by atoms with Crippen LogP contribution in [0.25, 0.3) is 22.3 Å². The molecule has 0 aliphatic carbocycles. The van der Waals surface area contributed by atoms with E-state index < -0.39 is 0 Å². The first-order valence-electron chi connectivity index (χ1n) is 5.95. The van der Waals surface area contributed by atoms with E-state index in [1.807, 2.05) is 24.5 Å². The van der Waals surface area contributed by atoms with E-state index in [0.717, 1.165) is 11.1 Å². The van der Waals surface area contributed by atoms with Crippen molar-refractivity contribution in [2.24, 2.45) is 0 Å². The summed E-state index contributed by atoms with van der Waals surface area (Å²) in [5.41, 5.74) is 4.66. The Kier molecular flexibility index (Phi) is 3.55. The molecule has 1 aromatic carbocycles. The lowest BCUT2D eigenvalue weighted by Gasteiger charge is -2.11. The lowest BCUT2D eigenvalue weighted by molar-refractivity contribution is 1.32. The molecule has 0 aliphatic heterocycles. The molecule has 3 rings (SSSR count). The van der Waals surface area contributed by atoms with Crippen LogP contribution in [-0.2, 0) is 0 Å². The number of pyridine rings is 2.